The van der Waals surface area contributed by atoms with Crippen molar-refractivity contribution in [2.75, 3.05) is 11.4 Å². The van der Waals surface area contributed by atoms with Crippen molar-refractivity contribution in [3.8, 4) is 0 Å². The normalized spacial score (nSPS) is 20.3. The molecule has 2 atom stereocenters. The molecule has 1 aromatic heterocycles. The lowest BCUT2D eigenvalue weighted by molar-refractivity contribution is -0.135. The maximum absolute atomic E-state index is 13.3. The van der Waals surface area contributed by atoms with Gasteiger partial charge in [-0.1, -0.05) is 69.2 Å². The number of carbonyl (C=O) groups excluding carboxylic acids is 2. The van der Waals surface area contributed by atoms with Gasteiger partial charge in [0.1, 0.15) is 6.33 Å². The number of Topliss-reactive ketones (excluding diaryl/α,β-unsaturated/α-hetero) is 1. The molecule has 1 aliphatic rings. The maximum atomic E-state index is 13.3. The number of hydrogen-bond donors (Lipinski definition) is 1. The largest absolute Gasteiger partial charge is 0.297 e. The molecular formula is C25H44N4O2. The predicted octanol–water partition coefficient (Wildman–Crippen LogP) is 5.66. The Kier molecular flexibility index (Phi) is 7.14. The number of piperidine rings is 1. The van der Waals surface area contributed by atoms with Gasteiger partial charge in [0.25, 0.3) is 0 Å². The zero-order valence-corrected chi connectivity index (χ0v) is 21.4. The van der Waals surface area contributed by atoms with E-state index in [0.717, 1.165) is 19.3 Å². The number of hydrogen-bond acceptors (Lipinski definition) is 4. The number of aromatic amines is 1. The predicted molar refractivity (Wildman–Crippen MR) is 126 cm³/mol. The van der Waals surface area contributed by atoms with E-state index in [2.05, 4.69) is 84.4 Å². The molecule has 0 aromatic carbocycles. The fourth-order valence-electron chi connectivity index (χ4n) is 4.57. The van der Waals surface area contributed by atoms with Crippen molar-refractivity contribution in [2.45, 2.75) is 94.9 Å². The Balaban J connectivity index is 2.24. The van der Waals surface area contributed by atoms with Crippen molar-refractivity contribution in [1.29, 1.82) is 0 Å². The highest BCUT2D eigenvalue weighted by molar-refractivity contribution is 6.04. The second-order valence-electron chi connectivity index (χ2n) is 13.1. The fourth-order valence-corrected chi connectivity index (χ4v) is 4.57. The molecule has 31 heavy (non-hydrogen) atoms. The smallest absolute Gasteiger partial charge is 0.230 e. The third-order valence-corrected chi connectivity index (χ3v) is 7.74. The number of rotatable bonds is 7. The Morgan fingerprint density at radius 3 is 2.10 bits per heavy atom. The average Bonchev–Trinajstić information content (AvgIpc) is 3.12. The number of H-pyrrole nitrogens is 1. The highest BCUT2D eigenvalue weighted by Crippen LogP contribution is 2.52. The van der Waals surface area contributed by atoms with Crippen LogP contribution in [0, 0.1) is 33.5 Å². The number of nitrogens with one attached hydrogen (secondary N) is 1. The van der Waals surface area contributed by atoms with Crippen LogP contribution in [0.1, 0.15) is 94.9 Å². The van der Waals surface area contributed by atoms with E-state index in [4.69, 9.17) is 0 Å². The number of amides is 1. The first-order valence-electron chi connectivity index (χ1n) is 11.6. The second-order valence-corrected chi connectivity index (χ2v) is 13.1. The summed E-state index contributed by atoms with van der Waals surface area (Å²) in [6.45, 7) is 23.0. The Bertz CT molecular complexity index is 766. The Morgan fingerprint density at radius 2 is 1.61 bits per heavy atom. The Hall–Kier alpha value is -1.72. The highest BCUT2D eigenvalue weighted by Gasteiger charge is 2.47. The molecule has 0 aliphatic carbocycles. The molecular weight excluding hydrogens is 388 g/mol. The summed E-state index contributed by atoms with van der Waals surface area (Å²) in [6.07, 6.45) is 4.81. The van der Waals surface area contributed by atoms with Crippen molar-refractivity contribution < 1.29 is 9.59 Å². The van der Waals surface area contributed by atoms with Crippen LogP contribution in [0.25, 0.3) is 0 Å². The van der Waals surface area contributed by atoms with Crippen LogP contribution in [0.4, 0.5) is 5.95 Å². The van der Waals surface area contributed by atoms with E-state index in [1.807, 2.05) is 0 Å². The summed E-state index contributed by atoms with van der Waals surface area (Å²) in [5.74, 6) is 0.293. The molecule has 2 heterocycles. The highest BCUT2D eigenvalue weighted by atomic mass is 16.2. The molecule has 1 aliphatic heterocycles. The molecule has 6 heteroatoms. The Labute approximate surface area is 189 Å². The van der Waals surface area contributed by atoms with E-state index in [0.29, 0.717) is 11.4 Å². The second kappa shape index (κ2) is 8.67. The topological polar surface area (TPSA) is 79.0 Å². The molecule has 1 amide bonds. The van der Waals surface area contributed by atoms with Gasteiger partial charge in [0, 0.05) is 12.3 Å². The van der Waals surface area contributed by atoms with Crippen LogP contribution in [0.2, 0.25) is 0 Å². The van der Waals surface area contributed by atoms with Crippen LogP contribution >= 0.6 is 0 Å². The molecule has 0 saturated carbocycles. The number of nitrogens with zero attached hydrogens (tertiary/aromatic N) is 3. The Morgan fingerprint density at radius 1 is 1.00 bits per heavy atom. The summed E-state index contributed by atoms with van der Waals surface area (Å²) in [5, 5.41) is 6.53. The lowest BCUT2D eigenvalue weighted by Gasteiger charge is -2.49. The zero-order valence-electron chi connectivity index (χ0n) is 21.4. The first-order chi connectivity index (χ1) is 13.9. The number of aromatic nitrogens is 3. The third kappa shape index (κ3) is 6.17. The lowest BCUT2D eigenvalue weighted by Crippen LogP contribution is -2.51. The van der Waals surface area contributed by atoms with E-state index < -0.39 is 0 Å². The summed E-state index contributed by atoms with van der Waals surface area (Å²) < 4.78 is 0. The molecule has 6 nitrogen and oxygen atoms in total. The SMILES string of the molecule is CC(C)(C)CCC(C)(C)C(C)(C)CC(C1CC(=O)N(c2ncn[nH]2)CC1=O)C(C)(C)C. The van der Waals surface area contributed by atoms with E-state index in [-0.39, 0.29) is 52.7 Å². The minimum atomic E-state index is -0.260. The molecule has 0 bridgehead atoms. The van der Waals surface area contributed by atoms with Crippen LogP contribution < -0.4 is 4.90 Å². The summed E-state index contributed by atoms with van der Waals surface area (Å²) >= 11 is 0. The summed E-state index contributed by atoms with van der Waals surface area (Å²) in [5.41, 5.74) is 0.373. The van der Waals surface area contributed by atoms with Gasteiger partial charge in [-0.3, -0.25) is 14.5 Å². The van der Waals surface area contributed by atoms with Crippen molar-refractivity contribution in [1.82, 2.24) is 15.2 Å². The standard InChI is InChI=1S/C25H44N4O2/c1-22(2,3)11-12-24(7,8)25(9,10)14-18(23(4,5)6)17-13-20(31)29(15-19(17)30)21-26-16-27-28-21/h16-18H,11-15H2,1-10H3,(H,26,27,28). The van der Waals surface area contributed by atoms with Gasteiger partial charge in [0.05, 0.1) is 6.54 Å². The minimum absolute atomic E-state index is 0.0294. The average molecular weight is 433 g/mol. The maximum Gasteiger partial charge on any atom is 0.230 e. The number of anilines is 1. The monoisotopic (exact) mass is 432 g/mol. The molecule has 1 aromatic rings. The van der Waals surface area contributed by atoms with E-state index in [1.165, 1.54) is 11.2 Å². The van der Waals surface area contributed by atoms with E-state index >= 15 is 0 Å². The molecule has 1 saturated heterocycles. The van der Waals surface area contributed by atoms with Gasteiger partial charge in [-0.05, 0) is 46.8 Å². The quantitative estimate of drug-likeness (QED) is 0.603. The van der Waals surface area contributed by atoms with Crippen molar-refractivity contribution in [2.24, 2.45) is 33.5 Å². The molecule has 1 N–H and O–H groups in total. The number of carbonyl (C=O) groups is 2. The molecule has 1 fully saturated rings. The molecule has 2 unspecified atom stereocenters. The first kappa shape index (κ1) is 25.5. The van der Waals surface area contributed by atoms with Gasteiger partial charge < -0.3 is 0 Å². The van der Waals surface area contributed by atoms with Gasteiger partial charge >= 0.3 is 0 Å². The van der Waals surface area contributed by atoms with Crippen LogP contribution in [-0.2, 0) is 9.59 Å². The van der Waals surface area contributed by atoms with E-state index in [9.17, 15) is 9.59 Å². The van der Waals surface area contributed by atoms with Crippen LogP contribution in [0.3, 0.4) is 0 Å². The fraction of sp³-hybridized carbons (Fsp3) is 0.840. The van der Waals surface area contributed by atoms with Gasteiger partial charge in [0.2, 0.25) is 11.9 Å². The minimum Gasteiger partial charge on any atom is -0.297 e. The number of ketones is 1. The third-order valence-electron chi connectivity index (χ3n) is 7.74. The van der Waals surface area contributed by atoms with Crippen molar-refractivity contribution >= 4 is 17.6 Å². The van der Waals surface area contributed by atoms with Crippen LogP contribution in [-0.4, -0.2) is 33.4 Å². The lowest BCUT2D eigenvalue weighted by atomic mass is 9.56. The summed E-state index contributed by atoms with van der Waals surface area (Å²) in [6, 6.07) is 0. The van der Waals surface area contributed by atoms with Crippen LogP contribution in [0.15, 0.2) is 6.33 Å². The van der Waals surface area contributed by atoms with Gasteiger partial charge in [0.15, 0.2) is 5.78 Å². The van der Waals surface area contributed by atoms with E-state index in [1.54, 1.807) is 0 Å². The van der Waals surface area contributed by atoms with Gasteiger partial charge in [-0.15, -0.1) is 0 Å². The first-order valence-corrected chi connectivity index (χ1v) is 11.6. The van der Waals surface area contributed by atoms with Gasteiger partial charge in [-0.2, -0.15) is 10.1 Å². The van der Waals surface area contributed by atoms with Gasteiger partial charge in [-0.25, -0.2) is 5.10 Å². The molecule has 0 radical (unpaired) electrons. The summed E-state index contributed by atoms with van der Waals surface area (Å²) in [4.78, 5) is 31.7. The molecule has 2 rings (SSSR count). The van der Waals surface area contributed by atoms with Crippen LogP contribution in [0.5, 0.6) is 0 Å². The zero-order chi connectivity index (χ0) is 23.8. The van der Waals surface area contributed by atoms with Crippen molar-refractivity contribution in [3.63, 3.8) is 0 Å². The molecule has 0 spiro atoms. The summed E-state index contributed by atoms with van der Waals surface area (Å²) in [7, 11) is 0. The van der Waals surface area contributed by atoms with Crippen molar-refractivity contribution in [3.05, 3.63) is 6.33 Å². The molecule has 176 valence electrons.